The number of benzene rings is 1. The molecule has 0 saturated heterocycles. The van der Waals surface area contributed by atoms with Gasteiger partial charge in [-0.15, -0.1) is 0 Å². The van der Waals surface area contributed by atoms with Gasteiger partial charge in [-0.05, 0) is 30.2 Å². The lowest BCUT2D eigenvalue weighted by atomic mass is 10.1. The maximum absolute atomic E-state index is 13.0. The zero-order valence-electron chi connectivity index (χ0n) is 16.0. The highest BCUT2D eigenvalue weighted by Gasteiger charge is 2.28. The molecule has 150 valence electrons. The molecule has 5 rings (SSSR count). The first kappa shape index (κ1) is 18.7. The van der Waals surface area contributed by atoms with Gasteiger partial charge in [0.1, 0.15) is 0 Å². The zero-order valence-corrected chi connectivity index (χ0v) is 17.6. The first-order chi connectivity index (χ1) is 14.6. The largest absolute Gasteiger partial charge is 0.332 e. The number of rotatable bonds is 4. The van der Waals surface area contributed by atoms with Crippen LogP contribution in [0.25, 0.3) is 16.9 Å². The predicted molar refractivity (Wildman–Crippen MR) is 116 cm³/mol. The molecule has 0 unspecified atom stereocenters. The number of amides is 1. The molecule has 4 aromatic rings. The second-order valence-corrected chi connectivity index (χ2v) is 8.24. The summed E-state index contributed by atoms with van der Waals surface area (Å²) >= 11 is 3.47. The number of carbonyl (C=O) groups is 1. The number of carbonyl (C=O) groups excluding carboxylic acids is 1. The second-order valence-electron chi connectivity index (χ2n) is 7.33. The lowest BCUT2D eigenvalue weighted by Gasteiger charge is -2.14. The van der Waals surface area contributed by atoms with Crippen LogP contribution in [0.15, 0.2) is 64.1 Å². The number of halogens is 1. The fourth-order valence-corrected chi connectivity index (χ4v) is 4.16. The van der Waals surface area contributed by atoms with Crippen molar-refractivity contribution in [3.8, 4) is 11.3 Å². The van der Waals surface area contributed by atoms with Gasteiger partial charge in [0, 0.05) is 34.9 Å². The van der Waals surface area contributed by atoms with E-state index in [0.717, 1.165) is 21.3 Å². The Morgan fingerprint density at radius 1 is 1.17 bits per heavy atom. The van der Waals surface area contributed by atoms with E-state index in [1.54, 1.807) is 17.3 Å². The molecular formula is C22H18BrN5O2. The Morgan fingerprint density at radius 2 is 2.07 bits per heavy atom. The van der Waals surface area contributed by atoms with Crippen LogP contribution in [0.3, 0.4) is 0 Å². The molecule has 0 radical (unpaired) electrons. The molecule has 0 spiro atoms. The van der Waals surface area contributed by atoms with Crippen molar-refractivity contribution in [2.45, 2.75) is 25.9 Å². The Labute approximate surface area is 180 Å². The van der Waals surface area contributed by atoms with Gasteiger partial charge in [0.2, 0.25) is 5.91 Å². The molecule has 0 aliphatic carbocycles. The SMILES string of the molecule is O=C(CCc1cccnc1)N1Cc2nc3cc(-c4cccc(Br)c4)[nH]n3c(=O)c2C1. The van der Waals surface area contributed by atoms with Gasteiger partial charge in [0.15, 0.2) is 5.65 Å². The molecule has 1 aliphatic rings. The van der Waals surface area contributed by atoms with Crippen LogP contribution in [0.5, 0.6) is 0 Å². The molecule has 4 heterocycles. The molecular weight excluding hydrogens is 446 g/mol. The summed E-state index contributed by atoms with van der Waals surface area (Å²) in [6.07, 6.45) is 4.49. The minimum atomic E-state index is -0.154. The number of nitrogens with zero attached hydrogens (tertiary/aromatic N) is 4. The Hall–Kier alpha value is -3.26. The summed E-state index contributed by atoms with van der Waals surface area (Å²) in [6.45, 7) is 0.658. The lowest BCUT2D eigenvalue weighted by Crippen LogP contribution is -2.26. The third-order valence-electron chi connectivity index (χ3n) is 5.32. The van der Waals surface area contributed by atoms with Crippen molar-refractivity contribution in [1.82, 2.24) is 24.5 Å². The normalized spacial score (nSPS) is 13.0. The maximum atomic E-state index is 13.0. The van der Waals surface area contributed by atoms with Gasteiger partial charge in [0.25, 0.3) is 5.56 Å². The highest BCUT2D eigenvalue weighted by atomic mass is 79.9. The minimum Gasteiger partial charge on any atom is -0.332 e. The van der Waals surface area contributed by atoms with E-state index < -0.39 is 0 Å². The summed E-state index contributed by atoms with van der Waals surface area (Å²) in [5.74, 6) is 0.0136. The molecule has 0 fully saturated rings. The average molecular weight is 464 g/mol. The van der Waals surface area contributed by atoms with E-state index in [0.29, 0.717) is 42.8 Å². The van der Waals surface area contributed by atoms with Crippen LogP contribution < -0.4 is 5.56 Å². The van der Waals surface area contributed by atoms with Crippen LogP contribution in [0.2, 0.25) is 0 Å². The van der Waals surface area contributed by atoms with Gasteiger partial charge in [-0.2, -0.15) is 0 Å². The summed E-state index contributed by atoms with van der Waals surface area (Å²) in [7, 11) is 0. The minimum absolute atomic E-state index is 0.0136. The van der Waals surface area contributed by atoms with Crippen molar-refractivity contribution < 1.29 is 4.79 Å². The van der Waals surface area contributed by atoms with Crippen LogP contribution in [-0.2, 0) is 24.3 Å². The quantitative estimate of drug-likeness (QED) is 0.503. The van der Waals surface area contributed by atoms with Crippen LogP contribution >= 0.6 is 15.9 Å². The van der Waals surface area contributed by atoms with E-state index in [1.807, 2.05) is 42.5 Å². The topological polar surface area (TPSA) is 83.4 Å². The molecule has 8 heteroatoms. The maximum Gasteiger partial charge on any atom is 0.278 e. The van der Waals surface area contributed by atoms with Crippen molar-refractivity contribution in [2.75, 3.05) is 0 Å². The molecule has 1 aromatic carbocycles. The molecule has 7 nitrogen and oxygen atoms in total. The summed E-state index contributed by atoms with van der Waals surface area (Å²) < 4.78 is 2.42. The van der Waals surface area contributed by atoms with E-state index in [1.165, 1.54) is 4.52 Å². The Bertz CT molecular complexity index is 1310. The molecule has 3 aromatic heterocycles. The van der Waals surface area contributed by atoms with E-state index in [2.05, 4.69) is 31.0 Å². The van der Waals surface area contributed by atoms with Crippen molar-refractivity contribution in [1.29, 1.82) is 0 Å². The van der Waals surface area contributed by atoms with E-state index in [4.69, 9.17) is 0 Å². The van der Waals surface area contributed by atoms with Gasteiger partial charge in [0.05, 0.1) is 30.0 Å². The number of H-pyrrole nitrogens is 1. The number of pyridine rings is 1. The number of aryl methyl sites for hydroxylation is 1. The van der Waals surface area contributed by atoms with Crippen molar-refractivity contribution in [2.24, 2.45) is 0 Å². The van der Waals surface area contributed by atoms with E-state index in [9.17, 15) is 9.59 Å². The molecule has 0 bridgehead atoms. The number of aromatic nitrogens is 4. The van der Waals surface area contributed by atoms with Gasteiger partial charge in [-0.3, -0.25) is 19.7 Å². The van der Waals surface area contributed by atoms with Crippen LogP contribution in [0, 0.1) is 0 Å². The number of fused-ring (bicyclic) bond motifs is 2. The Kier molecular flexibility index (Phi) is 4.71. The van der Waals surface area contributed by atoms with Crippen molar-refractivity contribution in [3.63, 3.8) is 0 Å². The lowest BCUT2D eigenvalue weighted by molar-refractivity contribution is -0.131. The highest BCUT2D eigenvalue weighted by Crippen LogP contribution is 2.24. The van der Waals surface area contributed by atoms with Crippen molar-refractivity contribution in [3.05, 3.63) is 86.5 Å². The fourth-order valence-electron chi connectivity index (χ4n) is 3.76. The standard InChI is InChI=1S/C22H18BrN5O2/c23-16-5-1-4-15(9-16)18-10-20-25-19-13-27(12-17(19)22(30)28(20)26-18)21(29)7-6-14-3-2-8-24-11-14/h1-5,8-11,26H,6-7,12-13H2. The predicted octanol–water partition coefficient (Wildman–Crippen LogP) is 3.32. The molecule has 1 N–H and O–H groups in total. The van der Waals surface area contributed by atoms with E-state index in [-0.39, 0.29) is 11.5 Å². The Balaban J connectivity index is 1.38. The highest BCUT2D eigenvalue weighted by molar-refractivity contribution is 9.10. The van der Waals surface area contributed by atoms with Crippen LogP contribution in [0.4, 0.5) is 0 Å². The average Bonchev–Trinajstić information content (AvgIpc) is 3.38. The number of nitrogens with one attached hydrogen (secondary N) is 1. The first-order valence-corrected chi connectivity index (χ1v) is 10.4. The van der Waals surface area contributed by atoms with Gasteiger partial charge in [-0.25, -0.2) is 9.50 Å². The smallest absolute Gasteiger partial charge is 0.278 e. The molecule has 1 amide bonds. The molecule has 0 saturated carbocycles. The number of aromatic amines is 1. The summed E-state index contributed by atoms with van der Waals surface area (Å²) in [4.78, 5) is 36.1. The van der Waals surface area contributed by atoms with Gasteiger partial charge in [-0.1, -0.05) is 34.1 Å². The number of hydrogen-bond acceptors (Lipinski definition) is 4. The summed E-state index contributed by atoms with van der Waals surface area (Å²) in [5, 5.41) is 3.14. The monoisotopic (exact) mass is 463 g/mol. The summed E-state index contributed by atoms with van der Waals surface area (Å²) in [6, 6.07) is 13.5. The van der Waals surface area contributed by atoms with Gasteiger partial charge < -0.3 is 4.90 Å². The summed E-state index contributed by atoms with van der Waals surface area (Å²) in [5.41, 5.74) is 4.45. The molecule has 0 atom stereocenters. The number of hydrogen-bond donors (Lipinski definition) is 1. The Morgan fingerprint density at radius 3 is 2.87 bits per heavy atom. The third kappa shape index (κ3) is 3.43. The second kappa shape index (κ2) is 7.53. The molecule has 1 aliphatic heterocycles. The third-order valence-corrected chi connectivity index (χ3v) is 5.82. The zero-order chi connectivity index (χ0) is 20.7. The molecule has 30 heavy (non-hydrogen) atoms. The van der Waals surface area contributed by atoms with Gasteiger partial charge >= 0.3 is 0 Å². The van der Waals surface area contributed by atoms with Crippen LogP contribution in [-0.4, -0.2) is 30.4 Å². The fraction of sp³-hybridized carbons (Fsp3) is 0.182. The van der Waals surface area contributed by atoms with Crippen molar-refractivity contribution >= 4 is 27.5 Å². The van der Waals surface area contributed by atoms with Crippen LogP contribution in [0.1, 0.15) is 23.2 Å². The van der Waals surface area contributed by atoms with E-state index >= 15 is 0 Å². The first-order valence-electron chi connectivity index (χ1n) is 9.64.